The van der Waals surface area contributed by atoms with Crippen molar-refractivity contribution in [2.75, 3.05) is 19.8 Å². The molecule has 2 heterocycles. The third-order valence-corrected chi connectivity index (χ3v) is 6.45. The average molecular weight is 375 g/mol. The molecular formula is C21H26O4S. The summed E-state index contributed by atoms with van der Waals surface area (Å²) in [6.07, 6.45) is 3.55. The summed E-state index contributed by atoms with van der Waals surface area (Å²) in [6.45, 7) is 3.65. The second kappa shape index (κ2) is 7.77. The number of rotatable bonds is 6. The lowest BCUT2D eigenvalue weighted by atomic mass is 9.86. The molecular weight excluding hydrogens is 348 g/mol. The highest BCUT2D eigenvalue weighted by atomic mass is 32.2. The van der Waals surface area contributed by atoms with Crippen LogP contribution < -0.4 is 0 Å². The number of furan rings is 1. The Morgan fingerprint density at radius 1 is 1.19 bits per heavy atom. The van der Waals surface area contributed by atoms with Crippen LogP contribution in [0.2, 0.25) is 0 Å². The van der Waals surface area contributed by atoms with Gasteiger partial charge in [0.1, 0.15) is 5.76 Å². The van der Waals surface area contributed by atoms with E-state index in [9.17, 15) is 5.11 Å². The summed E-state index contributed by atoms with van der Waals surface area (Å²) in [5.74, 6) is 1.09. The predicted molar refractivity (Wildman–Crippen MR) is 100 cm³/mol. The van der Waals surface area contributed by atoms with Crippen LogP contribution in [0.4, 0.5) is 0 Å². The topological polar surface area (TPSA) is 51.8 Å². The van der Waals surface area contributed by atoms with Crippen LogP contribution >= 0.6 is 11.8 Å². The van der Waals surface area contributed by atoms with Crippen LogP contribution in [0, 0.1) is 12.8 Å². The Hall–Kier alpha value is -1.27. The maximum Gasteiger partial charge on any atom is 0.171 e. The number of aliphatic hydroxyl groups is 1. The average Bonchev–Trinajstić information content (AvgIpc) is 3.35. The Kier molecular flexibility index (Phi) is 5.41. The van der Waals surface area contributed by atoms with Gasteiger partial charge in [0.25, 0.3) is 0 Å². The van der Waals surface area contributed by atoms with Crippen molar-refractivity contribution in [2.24, 2.45) is 5.92 Å². The normalized spacial score (nSPS) is 24.5. The van der Waals surface area contributed by atoms with Gasteiger partial charge in [0, 0.05) is 29.8 Å². The first-order valence-electron chi connectivity index (χ1n) is 9.44. The molecule has 2 atom stereocenters. The van der Waals surface area contributed by atoms with Gasteiger partial charge in [0.05, 0.1) is 13.2 Å². The van der Waals surface area contributed by atoms with Gasteiger partial charge in [-0.1, -0.05) is 30.0 Å². The van der Waals surface area contributed by atoms with Gasteiger partial charge >= 0.3 is 0 Å². The zero-order chi connectivity index (χ0) is 18.0. The number of hydrogen-bond acceptors (Lipinski definition) is 5. The van der Waals surface area contributed by atoms with Crippen molar-refractivity contribution in [3.8, 4) is 0 Å². The Balaban J connectivity index is 1.57. The highest BCUT2D eigenvalue weighted by molar-refractivity contribution is 7.99. The van der Waals surface area contributed by atoms with Crippen LogP contribution in [-0.4, -0.2) is 30.7 Å². The molecule has 1 aromatic carbocycles. The van der Waals surface area contributed by atoms with Gasteiger partial charge in [-0.2, -0.15) is 0 Å². The maximum absolute atomic E-state index is 9.33. The molecule has 1 saturated heterocycles. The Morgan fingerprint density at radius 2 is 1.96 bits per heavy atom. The van der Waals surface area contributed by atoms with Crippen LogP contribution in [-0.2, 0) is 9.47 Å². The number of ether oxygens (including phenoxy) is 2. The van der Waals surface area contributed by atoms with Crippen LogP contribution in [0.3, 0.4) is 0 Å². The highest BCUT2D eigenvalue weighted by Gasteiger charge is 2.53. The second-order valence-electron chi connectivity index (χ2n) is 7.15. The largest absolute Gasteiger partial charge is 0.454 e. The molecule has 4 rings (SSSR count). The summed E-state index contributed by atoms with van der Waals surface area (Å²) in [6, 6.07) is 12.4. The van der Waals surface area contributed by atoms with Crippen molar-refractivity contribution >= 4 is 11.8 Å². The summed E-state index contributed by atoms with van der Waals surface area (Å²) in [7, 11) is 0. The summed E-state index contributed by atoms with van der Waals surface area (Å²) in [5.41, 5.74) is 1.19. The van der Waals surface area contributed by atoms with Gasteiger partial charge in [0.15, 0.2) is 10.9 Å². The van der Waals surface area contributed by atoms with Crippen molar-refractivity contribution < 1.29 is 19.0 Å². The second-order valence-corrected chi connectivity index (χ2v) is 8.23. The highest BCUT2D eigenvalue weighted by Crippen LogP contribution is 2.53. The van der Waals surface area contributed by atoms with Crippen LogP contribution in [0.25, 0.3) is 0 Å². The van der Waals surface area contributed by atoms with Gasteiger partial charge in [-0.25, -0.2) is 0 Å². The Bertz CT molecular complexity index is 721. The zero-order valence-corrected chi connectivity index (χ0v) is 16.0. The zero-order valence-electron chi connectivity index (χ0n) is 15.1. The first-order chi connectivity index (χ1) is 12.7. The molecule has 1 aliphatic carbocycles. The number of aryl methyl sites for hydroxylation is 1. The fourth-order valence-electron chi connectivity index (χ4n) is 4.41. The van der Waals surface area contributed by atoms with E-state index in [1.807, 2.05) is 18.2 Å². The van der Waals surface area contributed by atoms with Gasteiger partial charge in [-0.15, -0.1) is 0 Å². The molecule has 1 N–H and O–H groups in total. The van der Waals surface area contributed by atoms with E-state index in [1.165, 1.54) is 10.5 Å². The fraction of sp³-hybridized carbons (Fsp3) is 0.524. The molecule has 26 heavy (non-hydrogen) atoms. The molecule has 1 saturated carbocycles. The van der Waals surface area contributed by atoms with E-state index in [4.69, 9.17) is 13.9 Å². The first kappa shape index (κ1) is 18.1. The molecule has 0 unspecified atom stereocenters. The van der Waals surface area contributed by atoms with E-state index in [1.54, 1.807) is 11.8 Å². The summed E-state index contributed by atoms with van der Waals surface area (Å²) in [4.78, 5) is 1.18. The summed E-state index contributed by atoms with van der Waals surface area (Å²) >= 11 is 1.66. The fourth-order valence-corrected chi connectivity index (χ4v) is 5.31. The lowest BCUT2D eigenvalue weighted by molar-refractivity contribution is -0.185. The van der Waals surface area contributed by atoms with Crippen LogP contribution in [0.15, 0.2) is 50.8 Å². The van der Waals surface area contributed by atoms with Crippen LogP contribution in [0.5, 0.6) is 0 Å². The number of aliphatic hydroxyl groups excluding tert-OH is 1. The SMILES string of the molecule is Cc1cc(Sc2ccccc2)oc1[C@@H]1CCC2(OCCO2)[C@H]1CCCO. The van der Waals surface area contributed by atoms with E-state index in [0.717, 1.165) is 36.5 Å². The number of benzene rings is 1. The molecule has 0 bridgehead atoms. The minimum Gasteiger partial charge on any atom is -0.454 e. The molecule has 2 aliphatic rings. The van der Waals surface area contributed by atoms with Crippen molar-refractivity contribution in [3.63, 3.8) is 0 Å². The van der Waals surface area contributed by atoms with E-state index in [-0.39, 0.29) is 18.4 Å². The molecule has 0 radical (unpaired) electrons. The van der Waals surface area contributed by atoms with Crippen molar-refractivity contribution in [2.45, 2.75) is 54.3 Å². The smallest absolute Gasteiger partial charge is 0.171 e. The third-order valence-electron chi connectivity index (χ3n) is 5.54. The van der Waals surface area contributed by atoms with E-state index in [2.05, 4.69) is 25.1 Å². The first-order valence-corrected chi connectivity index (χ1v) is 10.3. The minimum absolute atomic E-state index is 0.200. The lowest BCUT2D eigenvalue weighted by Gasteiger charge is -2.31. The molecule has 140 valence electrons. The molecule has 5 heteroatoms. The monoisotopic (exact) mass is 374 g/mol. The van der Waals surface area contributed by atoms with Gasteiger partial charge in [0.2, 0.25) is 0 Å². The van der Waals surface area contributed by atoms with Crippen molar-refractivity contribution in [3.05, 3.63) is 47.7 Å². The molecule has 1 aromatic heterocycles. The van der Waals surface area contributed by atoms with Crippen molar-refractivity contribution in [1.82, 2.24) is 0 Å². The molecule has 0 amide bonds. The molecule has 2 fully saturated rings. The van der Waals surface area contributed by atoms with Crippen LogP contribution in [0.1, 0.15) is 42.9 Å². The number of hydrogen-bond donors (Lipinski definition) is 1. The van der Waals surface area contributed by atoms with Gasteiger partial charge < -0.3 is 19.0 Å². The van der Waals surface area contributed by atoms with Gasteiger partial charge in [-0.05, 0) is 49.9 Å². The Labute approximate surface area is 158 Å². The molecule has 4 nitrogen and oxygen atoms in total. The predicted octanol–water partition coefficient (Wildman–Crippen LogP) is 4.75. The molecule has 1 spiro atoms. The van der Waals surface area contributed by atoms with E-state index >= 15 is 0 Å². The quantitative estimate of drug-likeness (QED) is 0.791. The Morgan fingerprint density at radius 3 is 2.69 bits per heavy atom. The lowest BCUT2D eigenvalue weighted by Crippen LogP contribution is -2.36. The van der Waals surface area contributed by atoms with E-state index < -0.39 is 5.79 Å². The summed E-state index contributed by atoms with van der Waals surface area (Å²) in [5, 5.41) is 10.3. The molecule has 1 aliphatic heterocycles. The minimum atomic E-state index is -0.480. The third kappa shape index (κ3) is 3.46. The maximum atomic E-state index is 9.33. The van der Waals surface area contributed by atoms with Gasteiger partial charge in [-0.3, -0.25) is 0 Å². The standard InChI is InChI=1S/C21H26O4S/c1-15-14-19(26-16-6-3-2-4-7-16)25-20(15)17-9-10-21(23-12-13-24-21)18(17)8-5-11-22/h2-4,6-7,14,17-18,22H,5,8-13H2,1H3/t17-,18+/m1/s1. The summed E-state index contributed by atoms with van der Waals surface area (Å²) < 4.78 is 18.4. The van der Waals surface area contributed by atoms with Crippen molar-refractivity contribution in [1.29, 1.82) is 0 Å². The molecule has 2 aromatic rings. The van der Waals surface area contributed by atoms with E-state index in [0.29, 0.717) is 13.2 Å².